The molecular weight excluding hydrogens is 467 g/mol. The number of benzene rings is 1. The van der Waals surface area contributed by atoms with Crippen molar-refractivity contribution >= 4 is 29.9 Å². The van der Waals surface area contributed by atoms with Gasteiger partial charge in [-0.3, -0.25) is 4.99 Å². The highest BCUT2D eigenvalue weighted by molar-refractivity contribution is 14.0. The lowest BCUT2D eigenvalue weighted by molar-refractivity contribution is 0.0824. The highest BCUT2D eigenvalue weighted by atomic mass is 127. The molecule has 0 amide bonds. The van der Waals surface area contributed by atoms with Gasteiger partial charge in [0.1, 0.15) is 5.75 Å². The number of nitrogens with zero attached hydrogens (tertiary/aromatic N) is 2. The number of ether oxygens (including phenoxy) is 1. The maximum atomic E-state index is 9.59. The smallest absolute Gasteiger partial charge is 0.191 e. The molecule has 1 atom stereocenters. The highest BCUT2D eigenvalue weighted by Crippen LogP contribution is 2.25. The predicted octanol–water partition coefficient (Wildman–Crippen LogP) is 3.08. The van der Waals surface area contributed by atoms with Crippen LogP contribution in [-0.4, -0.2) is 61.9 Å². The van der Waals surface area contributed by atoms with Crippen LogP contribution in [0.3, 0.4) is 0 Å². The number of piperidine rings is 1. The van der Waals surface area contributed by atoms with Gasteiger partial charge in [0.05, 0.1) is 19.3 Å². The third kappa shape index (κ3) is 8.13. The summed E-state index contributed by atoms with van der Waals surface area (Å²) in [6.45, 7) is 10.9. The van der Waals surface area contributed by atoms with Gasteiger partial charge in [-0.05, 0) is 52.6 Å². The standard InChI is InChI=1S/C21H36N4O2.HI/c1-5-22-21(23-11-6-12-25-13-9-18(26)10-14-25)24-17(3)19-15-16(2)7-8-20(19)27-4;/h7-8,15,17-18,26H,5-6,9-14H2,1-4H3,(H2,22,23,24);1H. The summed E-state index contributed by atoms with van der Waals surface area (Å²) in [5.74, 6) is 1.73. The van der Waals surface area contributed by atoms with Gasteiger partial charge in [0.15, 0.2) is 5.96 Å². The van der Waals surface area contributed by atoms with Gasteiger partial charge in [0, 0.05) is 31.7 Å². The van der Waals surface area contributed by atoms with Crippen LogP contribution in [0.15, 0.2) is 23.2 Å². The zero-order valence-electron chi connectivity index (χ0n) is 17.7. The van der Waals surface area contributed by atoms with Crippen molar-refractivity contribution in [3.63, 3.8) is 0 Å². The summed E-state index contributed by atoms with van der Waals surface area (Å²) >= 11 is 0. The molecule has 0 aromatic heterocycles. The van der Waals surface area contributed by atoms with Crippen molar-refractivity contribution in [1.29, 1.82) is 0 Å². The van der Waals surface area contributed by atoms with Crippen LogP contribution in [-0.2, 0) is 0 Å². The van der Waals surface area contributed by atoms with E-state index in [2.05, 4.69) is 48.4 Å². The number of hydrogen-bond acceptors (Lipinski definition) is 4. The van der Waals surface area contributed by atoms with E-state index in [-0.39, 0.29) is 36.1 Å². The number of halogens is 1. The van der Waals surface area contributed by atoms with Gasteiger partial charge in [0.25, 0.3) is 0 Å². The fourth-order valence-corrected chi connectivity index (χ4v) is 3.42. The molecule has 1 unspecified atom stereocenters. The van der Waals surface area contributed by atoms with Gasteiger partial charge in [0.2, 0.25) is 0 Å². The Balaban J connectivity index is 0.00000392. The third-order valence-corrected chi connectivity index (χ3v) is 5.01. The van der Waals surface area contributed by atoms with Gasteiger partial charge < -0.3 is 25.4 Å². The van der Waals surface area contributed by atoms with Gasteiger partial charge in [-0.1, -0.05) is 17.7 Å². The lowest BCUT2D eigenvalue weighted by atomic mass is 10.0. The molecular formula is C21H37IN4O2. The molecule has 1 fully saturated rings. The van der Waals surface area contributed by atoms with Gasteiger partial charge >= 0.3 is 0 Å². The molecule has 0 saturated carbocycles. The van der Waals surface area contributed by atoms with Crippen LogP contribution in [0.5, 0.6) is 5.75 Å². The number of guanidine groups is 1. The minimum Gasteiger partial charge on any atom is -0.496 e. The maximum absolute atomic E-state index is 9.59. The molecule has 160 valence electrons. The molecule has 28 heavy (non-hydrogen) atoms. The summed E-state index contributed by atoms with van der Waals surface area (Å²) in [6.07, 6.45) is 2.70. The van der Waals surface area contributed by atoms with Crippen molar-refractivity contribution in [3.8, 4) is 5.75 Å². The monoisotopic (exact) mass is 504 g/mol. The fourth-order valence-electron chi connectivity index (χ4n) is 3.42. The zero-order valence-corrected chi connectivity index (χ0v) is 20.0. The van der Waals surface area contributed by atoms with Crippen molar-refractivity contribution in [3.05, 3.63) is 29.3 Å². The summed E-state index contributed by atoms with van der Waals surface area (Å²) in [5, 5.41) is 16.4. The number of methoxy groups -OCH3 is 1. The Labute approximate surface area is 187 Å². The summed E-state index contributed by atoms with van der Waals surface area (Å²) in [6, 6.07) is 6.34. The van der Waals surface area contributed by atoms with E-state index in [4.69, 9.17) is 9.73 Å². The summed E-state index contributed by atoms with van der Waals surface area (Å²) in [5.41, 5.74) is 2.35. The Bertz CT molecular complexity index is 604. The molecule has 2 rings (SSSR count). The number of aliphatic hydroxyl groups is 1. The van der Waals surface area contributed by atoms with E-state index < -0.39 is 0 Å². The first kappa shape index (κ1) is 25.0. The number of likely N-dealkylation sites (tertiary alicyclic amines) is 1. The van der Waals surface area contributed by atoms with Gasteiger partial charge in [-0.15, -0.1) is 24.0 Å². The van der Waals surface area contributed by atoms with Gasteiger partial charge in [-0.25, -0.2) is 0 Å². The lowest BCUT2D eigenvalue weighted by Crippen LogP contribution is -2.39. The Morgan fingerprint density at radius 3 is 2.71 bits per heavy atom. The molecule has 1 aromatic rings. The van der Waals surface area contributed by atoms with Crippen LogP contribution in [0.1, 0.15) is 50.3 Å². The Morgan fingerprint density at radius 2 is 2.07 bits per heavy atom. The van der Waals surface area contributed by atoms with Crippen molar-refractivity contribution in [2.75, 3.05) is 39.8 Å². The average Bonchev–Trinajstić information content (AvgIpc) is 2.66. The minimum absolute atomic E-state index is 0. The molecule has 6 nitrogen and oxygen atoms in total. The first-order chi connectivity index (χ1) is 13.0. The maximum Gasteiger partial charge on any atom is 0.191 e. The van der Waals surface area contributed by atoms with E-state index >= 15 is 0 Å². The molecule has 1 aliphatic heterocycles. The fraction of sp³-hybridized carbons (Fsp3) is 0.667. The number of aryl methyl sites for hydroxylation is 1. The van der Waals surface area contributed by atoms with E-state index in [1.807, 2.05) is 6.07 Å². The molecule has 0 bridgehead atoms. The van der Waals surface area contributed by atoms with E-state index in [0.29, 0.717) is 0 Å². The third-order valence-electron chi connectivity index (χ3n) is 5.01. The van der Waals surface area contributed by atoms with Crippen LogP contribution >= 0.6 is 24.0 Å². The quantitative estimate of drug-likeness (QED) is 0.220. The molecule has 1 saturated heterocycles. The zero-order chi connectivity index (χ0) is 19.6. The Kier molecular flexibility index (Phi) is 11.8. The van der Waals surface area contributed by atoms with Crippen LogP contribution < -0.4 is 15.4 Å². The number of rotatable bonds is 8. The second-order valence-corrected chi connectivity index (χ2v) is 7.30. The van der Waals surface area contributed by atoms with E-state index in [1.165, 1.54) is 5.56 Å². The van der Waals surface area contributed by atoms with Crippen molar-refractivity contribution in [2.45, 2.75) is 52.2 Å². The van der Waals surface area contributed by atoms with Gasteiger partial charge in [-0.2, -0.15) is 0 Å². The van der Waals surface area contributed by atoms with Crippen LogP contribution in [0.4, 0.5) is 0 Å². The molecule has 1 aromatic carbocycles. The number of nitrogens with one attached hydrogen (secondary N) is 2. The normalized spacial score (nSPS) is 17.0. The van der Waals surface area contributed by atoms with Crippen molar-refractivity contribution in [1.82, 2.24) is 15.5 Å². The van der Waals surface area contributed by atoms with E-state index in [9.17, 15) is 5.11 Å². The molecule has 0 spiro atoms. The minimum atomic E-state index is -0.107. The van der Waals surface area contributed by atoms with Crippen molar-refractivity contribution < 1.29 is 9.84 Å². The Morgan fingerprint density at radius 1 is 1.36 bits per heavy atom. The van der Waals surface area contributed by atoms with Crippen molar-refractivity contribution in [2.24, 2.45) is 4.99 Å². The van der Waals surface area contributed by atoms with Crippen LogP contribution in [0.25, 0.3) is 0 Å². The summed E-state index contributed by atoms with van der Waals surface area (Å²) < 4.78 is 5.51. The predicted molar refractivity (Wildman–Crippen MR) is 127 cm³/mol. The van der Waals surface area contributed by atoms with Crippen LogP contribution in [0.2, 0.25) is 0 Å². The number of aliphatic imine (C=N–C) groups is 1. The second kappa shape index (κ2) is 13.2. The first-order valence-electron chi connectivity index (χ1n) is 10.1. The highest BCUT2D eigenvalue weighted by Gasteiger charge is 2.16. The molecule has 7 heteroatoms. The lowest BCUT2D eigenvalue weighted by Gasteiger charge is -2.29. The average molecular weight is 504 g/mol. The molecule has 1 heterocycles. The molecule has 0 radical (unpaired) electrons. The molecule has 0 aliphatic carbocycles. The number of aliphatic hydroxyl groups excluding tert-OH is 1. The SMILES string of the molecule is CCNC(=NCCCN1CCC(O)CC1)NC(C)c1cc(C)ccc1OC.I. The van der Waals surface area contributed by atoms with E-state index in [0.717, 1.165) is 69.3 Å². The molecule has 3 N–H and O–H groups in total. The van der Waals surface area contributed by atoms with Crippen LogP contribution in [0, 0.1) is 6.92 Å². The Hall–Kier alpha value is -1.06. The molecule has 1 aliphatic rings. The first-order valence-corrected chi connectivity index (χ1v) is 10.1. The van der Waals surface area contributed by atoms with E-state index in [1.54, 1.807) is 7.11 Å². The summed E-state index contributed by atoms with van der Waals surface area (Å²) in [4.78, 5) is 7.15. The second-order valence-electron chi connectivity index (χ2n) is 7.30. The number of hydrogen-bond donors (Lipinski definition) is 3. The summed E-state index contributed by atoms with van der Waals surface area (Å²) in [7, 11) is 1.71. The topological polar surface area (TPSA) is 69.1 Å². The largest absolute Gasteiger partial charge is 0.496 e.